The van der Waals surface area contributed by atoms with E-state index in [1.54, 1.807) is 12.1 Å². The molecule has 0 saturated heterocycles. The Kier molecular flexibility index (Phi) is 8.98. The lowest BCUT2D eigenvalue weighted by molar-refractivity contribution is -0.139. The monoisotopic (exact) mass is 379 g/mol. The lowest BCUT2D eigenvalue weighted by atomic mass is 10.1. The molecule has 0 spiro atoms. The normalized spacial score (nSPS) is 12.0. The first-order valence-electron chi connectivity index (χ1n) is 8.28. The number of carboxylic acids is 1. The highest BCUT2D eigenvalue weighted by Gasteiger charge is 2.14. The van der Waals surface area contributed by atoms with Gasteiger partial charge in [0.15, 0.2) is 0 Å². The maximum absolute atomic E-state index is 10.8. The Morgan fingerprint density at radius 3 is 2.12 bits per heavy atom. The minimum Gasteiger partial charge on any atom is -0.480 e. The molecule has 0 amide bonds. The third-order valence-corrected chi connectivity index (χ3v) is 4.46. The molecule has 26 heavy (non-hydrogen) atoms. The summed E-state index contributed by atoms with van der Waals surface area (Å²) >= 11 is 0. The van der Waals surface area contributed by atoms with E-state index in [0.717, 1.165) is 17.5 Å². The molecule has 0 saturated carbocycles. The van der Waals surface area contributed by atoms with Crippen LogP contribution in [0.5, 0.6) is 0 Å². The first-order valence-corrected chi connectivity index (χ1v) is 9.72. The number of carboxylic acid groups (broad SMARTS) is 1. The van der Waals surface area contributed by atoms with Gasteiger partial charge in [0.1, 0.15) is 6.04 Å². The van der Waals surface area contributed by atoms with Gasteiger partial charge in [-0.1, -0.05) is 61.4 Å². The van der Waals surface area contributed by atoms with Gasteiger partial charge in [0.25, 0.3) is 10.1 Å². The van der Waals surface area contributed by atoms with Crippen LogP contribution in [0.15, 0.2) is 59.5 Å². The minimum absolute atomic E-state index is 0.0666. The minimum atomic E-state index is -4.02. The Morgan fingerprint density at radius 1 is 1.08 bits per heavy atom. The van der Waals surface area contributed by atoms with Crippen molar-refractivity contribution in [1.29, 1.82) is 0 Å². The Morgan fingerprint density at radius 2 is 1.65 bits per heavy atom. The van der Waals surface area contributed by atoms with E-state index in [2.05, 4.69) is 5.32 Å². The van der Waals surface area contributed by atoms with E-state index >= 15 is 0 Å². The van der Waals surface area contributed by atoms with Gasteiger partial charge in [-0.3, -0.25) is 9.35 Å². The Balaban J connectivity index is 0.000000273. The molecule has 142 valence electrons. The molecule has 7 heteroatoms. The first kappa shape index (κ1) is 21.8. The number of carbonyl (C=O) groups is 1. The van der Waals surface area contributed by atoms with Crippen molar-refractivity contribution in [2.24, 2.45) is 0 Å². The highest BCUT2D eigenvalue weighted by molar-refractivity contribution is 7.85. The molecule has 1 atom stereocenters. The number of aliphatic carboxylic acids is 1. The zero-order valence-electron chi connectivity index (χ0n) is 14.9. The van der Waals surface area contributed by atoms with E-state index < -0.39 is 22.1 Å². The van der Waals surface area contributed by atoms with Crippen molar-refractivity contribution in [3.63, 3.8) is 0 Å². The van der Waals surface area contributed by atoms with Crippen LogP contribution in [-0.4, -0.2) is 30.1 Å². The van der Waals surface area contributed by atoms with Crippen LogP contribution in [0.25, 0.3) is 0 Å². The highest BCUT2D eigenvalue weighted by atomic mass is 32.2. The van der Waals surface area contributed by atoms with Gasteiger partial charge in [0.05, 0.1) is 4.90 Å². The number of hydrogen-bond acceptors (Lipinski definition) is 4. The van der Waals surface area contributed by atoms with Crippen LogP contribution in [0.4, 0.5) is 0 Å². The number of aryl methyl sites for hydroxylation is 1. The molecular weight excluding hydrogens is 354 g/mol. The molecular formula is C19H25NO5S. The predicted octanol–water partition coefficient (Wildman–Crippen LogP) is 3.27. The van der Waals surface area contributed by atoms with Crippen LogP contribution >= 0.6 is 0 Å². The van der Waals surface area contributed by atoms with Crippen molar-refractivity contribution in [1.82, 2.24) is 5.32 Å². The summed E-state index contributed by atoms with van der Waals surface area (Å²) in [7, 11) is -4.02. The van der Waals surface area contributed by atoms with E-state index in [-0.39, 0.29) is 4.90 Å². The van der Waals surface area contributed by atoms with Gasteiger partial charge in [-0.25, -0.2) is 0 Å². The third kappa shape index (κ3) is 8.24. The first-order chi connectivity index (χ1) is 12.2. The fourth-order valence-electron chi connectivity index (χ4n) is 2.15. The Labute approximate surface area is 154 Å². The topological polar surface area (TPSA) is 104 Å². The van der Waals surface area contributed by atoms with Crippen molar-refractivity contribution >= 4 is 16.1 Å². The number of hydrogen-bond donors (Lipinski definition) is 3. The quantitative estimate of drug-likeness (QED) is 0.638. The van der Waals surface area contributed by atoms with E-state index in [9.17, 15) is 13.2 Å². The summed E-state index contributed by atoms with van der Waals surface area (Å²) in [5, 5.41) is 12.0. The van der Waals surface area contributed by atoms with Crippen molar-refractivity contribution < 1.29 is 22.9 Å². The fraction of sp³-hybridized carbons (Fsp3) is 0.316. The molecule has 0 bridgehead atoms. The highest BCUT2D eigenvalue weighted by Crippen LogP contribution is 2.08. The molecule has 6 nitrogen and oxygen atoms in total. The predicted molar refractivity (Wildman–Crippen MR) is 101 cm³/mol. The molecule has 0 aliphatic carbocycles. The van der Waals surface area contributed by atoms with Crippen LogP contribution in [0, 0.1) is 6.92 Å². The van der Waals surface area contributed by atoms with Crippen LogP contribution in [-0.2, 0) is 21.5 Å². The van der Waals surface area contributed by atoms with E-state index in [1.165, 1.54) is 12.1 Å². The molecule has 3 N–H and O–H groups in total. The summed E-state index contributed by atoms with van der Waals surface area (Å²) in [6.07, 6.45) is 1.54. The van der Waals surface area contributed by atoms with E-state index in [1.807, 2.05) is 44.2 Å². The maximum Gasteiger partial charge on any atom is 0.320 e. The molecule has 0 radical (unpaired) electrons. The van der Waals surface area contributed by atoms with Crippen molar-refractivity contribution in [2.75, 3.05) is 0 Å². The largest absolute Gasteiger partial charge is 0.480 e. The van der Waals surface area contributed by atoms with Gasteiger partial charge in [-0.05, 0) is 31.0 Å². The molecule has 0 aliphatic heterocycles. The van der Waals surface area contributed by atoms with Crippen LogP contribution in [0.1, 0.15) is 30.9 Å². The van der Waals surface area contributed by atoms with Gasteiger partial charge in [-0.2, -0.15) is 8.42 Å². The number of rotatable bonds is 7. The van der Waals surface area contributed by atoms with Gasteiger partial charge in [0, 0.05) is 6.54 Å². The van der Waals surface area contributed by atoms with E-state index in [0.29, 0.717) is 13.0 Å². The Bertz CT molecular complexity index is 773. The average molecular weight is 379 g/mol. The second kappa shape index (κ2) is 10.7. The summed E-state index contributed by atoms with van der Waals surface area (Å²) in [5.74, 6) is -0.771. The molecule has 0 heterocycles. The molecule has 2 aromatic carbocycles. The smallest absolute Gasteiger partial charge is 0.320 e. The summed E-state index contributed by atoms with van der Waals surface area (Å²) in [4.78, 5) is 10.8. The van der Waals surface area contributed by atoms with Crippen molar-refractivity contribution in [2.45, 2.75) is 44.2 Å². The van der Waals surface area contributed by atoms with Crippen molar-refractivity contribution in [3.8, 4) is 0 Å². The third-order valence-electron chi connectivity index (χ3n) is 3.59. The lowest BCUT2D eigenvalue weighted by Gasteiger charge is -2.13. The second-order valence-corrected chi connectivity index (χ2v) is 7.26. The van der Waals surface area contributed by atoms with Crippen LogP contribution in [0.2, 0.25) is 0 Å². The maximum atomic E-state index is 10.8. The molecule has 0 aromatic heterocycles. The fourth-order valence-corrected chi connectivity index (χ4v) is 2.63. The Hall–Kier alpha value is -2.22. The second-order valence-electron chi connectivity index (χ2n) is 5.83. The summed E-state index contributed by atoms with van der Waals surface area (Å²) in [6, 6.07) is 15.4. The standard InChI is InChI=1S/C12H17NO2.C7H8O3S/c1-2-6-11(12(14)15)13-9-10-7-4-3-5-8-10;1-6-2-4-7(5-3-6)11(8,9)10/h3-5,7-8,11,13H,2,6,9H2,1H3,(H,14,15);2-5H,1H3,(H,8,9,10)/t11-;/m1./s1. The zero-order valence-corrected chi connectivity index (χ0v) is 15.7. The summed E-state index contributed by atoms with van der Waals surface area (Å²) in [6.45, 7) is 4.44. The molecule has 0 aliphatic rings. The molecule has 0 unspecified atom stereocenters. The zero-order chi connectivity index (χ0) is 19.6. The summed E-state index contributed by atoms with van der Waals surface area (Å²) < 4.78 is 29.6. The molecule has 2 aromatic rings. The molecule has 0 fully saturated rings. The van der Waals surface area contributed by atoms with Gasteiger partial charge in [0.2, 0.25) is 0 Å². The van der Waals surface area contributed by atoms with Crippen LogP contribution in [0.3, 0.4) is 0 Å². The van der Waals surface area contributed by atoms with Crippen molar-refractivity contribution in [3.05, 3.63) is 65.7 Å². The number of nitrogens with one attached hydrogen (secondary N) is 1. The van der Waals surface area contributed by atoms with Gasteiger partial charge >= 0.3 is 5.97 Å². The lowest BCUT2D eigenvalue weighted by Crippen LogP contribution is -2.35. The van der Waals surface area contributed by atoms with E-state index in [4.69, 9.17) is 9.66 Å². The number of benzene rings is 2. The summed E-state index contributed by atoms with van der Waals surface area (Å²) in [5.41, 5.74) is 2.07. The SMILES string of the molecule is CCC[C@@H](NCc1ccccc1)C(=O)O.Cc1ccc(S(=O)(=O)O)cc1. The van der Waals surface area contributed by atoms with Gasteiger partial charge in [-0.15, -0.1) is 0 Å². The van der Waals surface area contributed by atoms with Gasteiger partial charge < -0.3 is 10.4 Å². The molecule has 2 rings (SSSR count). The average Bonchev–Trinajstić information content (AvgIpc) is 2.59. The van der Waals surface area contributed by atoms with Crippen LogP contribution < -0.4 is 5.32 Å².